The third kappa shape index (κ3) is 3.73. The zero-order chi connectivity index (χ0) is 20.5. The number of anilines is 1. The number of carbonyl (C=O) groups is 2. The molecule has 3 amide bonds. The number of amides is 3. The Bertz CT molecular complexity index is 776. The second kappa shape index (κ2) is 8.10. The van der Waals surface area contributed by atoms with Crippen molar-refractivity contribution in [1.82, 2.24) is 9.80 Å². The summed E-state index contributed by atoms with van der Waals surface area (Å²) in [7, 11) is 1.60. The summed E-state index contributed by atoms with van der Waals surface area (Å²) in [6.07, 6.45) is 1.37. The number of methoxy groups -OCH3 is 1. The van der Waals surface area contributed by atoms with Gasteiger partial charge in [-0.1, -0.05) is 0 Å². The SMILES string of the molecule is CO[C@H]1C(=O)N(C(C)C)[C@H]1C1CCN(C(=O)Nc2ccc3c(c2)OCCO3)CC1. The lowest BCUT2D eigenvalue weighted by molar-refractivity contribution is -0.181. The first-order valence-corrected chi connectivity index (χ1v) is 10.3. The quantitative estimate of drug-likeness (QED) is 0.781. The summed E-state index contributed by atoms with van der Waals surface area (Å²) in [5.74, 6) is 1.78. The lowest BCUT2D eigenvalue weighted by atomic mass is 9.79. The molecule has 8 nitrogen and oxygen atoms in total. The number of hydrogen-bond acceptors (Lipinski definition) is 5. The number of rotatable bonds is 4. The number of piperidine rings is 1. The number of likely N-dealkylation sites (tertiary alicyclic amines) is 2. The third-order valence-corrected chi connectivity index (χ3v) is 6.04. The molecule has 1 aromatic rings. The van der Waals surface area contributed by atoms with Crippen molar-refractivity contribution < 1.29 is 23.8 Å². The van der Waals surface area contributed by atoms with Crippen molar-refractivity contribution >= 4 is 17.6 Å². The van der Waals surface area contributed by atoms with E-state index in [-0.39, 0.29) is 30.1 Å². The van der Waals surface area contributed by atoms with Gasteiger partial charge in [-0.2, -0.15) is 0 Å². The van der Waals surface area contributed by atoms with Gasteiger partial charge in [0.15, 0.2) is 17.6 Å². The molecule has 2 atom stereocenters. The monoisotopic (exact) mass is 403 g/mol. The molecule has 29 heavy (non-hydrogen) atoms. The Morgan fingerprint density at radius 3 is 2.52 bits per heavy atom. The fraction of sp³-hybridized carbons (Fsp3) is 0.619. The predicted molar refractivity (Wildman–Crippen MR) is 107 cm³/mol. The number of ether oxygens (including phenoxy) is 3. The Hall–Kier alpha value is -2.48. The molecule has 0 spiro atoms. The summed E-state index contributed by atoms with van der Waals surface area (Å²) < 4.78 is 16.5. The van der Waals surface area contributed by atoms with Crippen molar-refractivity contribution in [2.75, 3.05) is 38.7 Å². The number of hydrogen-bond donors (Lipinski definition) is 1. The highest BCUT2D eigenvalue weighted by molar-refractivity contribution is 5.90. The standard InChI is InChI=1S/C21H29N3O5/c1-13(2)24-18(19(27-3)20(24)25)14-6-8-23(9-7-14)21(26)22-15-4-5-16-17(12-15)29-11-10-28-16/h4-5,12-14,18-19H,6-11H2,1-3H3,(H,22,26)/t18-,19+/m0/s1. The molecule has 0 unspecified atom stereocenters. The van der Waals surface area contributed by atoms with E-state index in [1.165, 1.54) is 0 Å². The minimum atomic E-state index is -0.347. The largest absolute Gasteiger partial charge is 0.486 e. The number of urea groups is 1. The van der Waals surface area contributed by atoms with Crippen LogP contribution in [0.15, 0.2) is 18.2 Å². The lowest BCUT2D eigenvalue weighted by Gasteiger charge is -2.53. The van der Waals surface area contributed by atoms with Gasteiger partial charge in [0.1, 0.15) is 13.2 Å². The first-order chi connectivity index (χ1) is 14.0. The van der Waals surface area contributed by atoms with E-state index in [2.05, 4.69) is 5.32 Å². The molecule has 2 fully saturated rings. The van der Waals surface area contributed by atoms with Crippen molar-refractivity contribution in [3.63, 3.8) is 0 Å². The van der Waals surface area contributed by atoms with Crippen LogP contribution in [0.5, 0.6) is 11.5 Å². The van der Waals surface area contributed by atoms with Gasteiger partial charge in [0, 0.05) is 38.0 Å². The van der Waals surface area contributed by atoms with Crippen LogP contribution in [0.25, 0.3) is 0 Å². The van der Waals surface area contributed by atoms with Crippen LogP contribution >= 0.6 is 0 Å². The van der Waals surface area contributed by atoms with Crippen molar-refractivity contribution in [3.8, 4) is 11.5 Å². The van der Waals surface area contributed by atoms with E-state index in [0.29, 0.717) is 49.4 Å². The molecule has 0 radical (unpaired) electrons. The maximum absolute atomic E-state index is 12.7. The smallest absolute Gasteiger partial charge is 0.321 e. The topological polar surface area (TPSA) is 80.3 Å². The van der Waals surface area contributed by atoms with Crippen molar-refractivity contribution in [3.05, 3.63) is 18.2 Å². The van der Waals surface area contributed by atoms with Gasteiger partial charge in [-0.3, -0.25) is 4.79 Å². The molecule has 158 valence electrons. The molecule has 1 N–H and O–H groups in total. The maximum Gasteiger partial charge on any atom is 0.321 e. The zero-order valence-corrected chi connectivity index (χ0v) is 17.2. The fourth-order valence-electron chi connectivity index (χ4n) is 4.58. The summed E-state index contributed by atoms with van der Waals surface area (Å²) in [5.41, 5.74) is 0.691. The molecule has 3 aliphatic rings. The van der Waals surface area contributed by atoms with Crippen LogP contribution in [0.3, 0.4) is 0 Å². The minimum Gasteiger partial charge on any atom is -0.486 e. The molecule has 0 saturated carbocycles. The Morgan fingerprint density at radius 2 is 1.86 bits per heavy atom. The van der Waals surface area contributed by atoms with Crippen molar-refractivity contribution in [1.29, 1.82) is 0 Å². The number of fused-ring (bicyclic) bond motifs is 1. The Kier molecular flexibility index (Phi) is 5.54. The van der Waals surface area contributed by atoms with Crippen LogP contribution < -0.4 is 14.8 Å². The summed E-state index contributed by atoms with van der Waals surface area (Å²) in [6, 6.07) is 5.58. The van der Waals surface area contributed by atoms with Crippen LogP contribution in [0, 0.1) is 5.92 Å². The highest BCUT2D eigenvalue weighted by Gasteiger charge is 2.52. The van der Waals surface area contributed by atoms with Crippen LogP contribution in [0.1, 0.15) is 26.7 Å². The van der Waals surface area contributed by atoms with Gasteiger partial charge in [-0.15, -0.1) is 0 Å². The van der Waals surface area contributed by atoms with Crippen LogP contribution in [0.4, 0.5) is 10.5 Å². The third-order valence-electron chi connectivity index (χ3n) is 6.04. The molecule has 2 saturated heterocycles. The summed E-state index contributed by atoms with van der Waals surface area (Å²) in [6.45, 7) is 6.44. The molecule has 3 heterocycles. The van der Waals surface area contributed by atoms with Gasteiger partial charge < -0.3 is 29.3 Å². The van der Waals surface area contributed by atoms with E-state index in [0.717, 1.165) is 12.8 Å². The average molecular weight is 403 g/mol. The molecule has 0 aromatic heterocycles. The summed E-state index contributed by atoms with van der Waals surface area (Å²) in [4.78, 5) is 28.7. The van der Waals surface area contributed by atoms with E-state index in [1.54, 1.807) is 13.2 Å². The molecule has 3 aliphatic heterocycles. The zero-order valence-electron chi connectivity index (χ0n) is 17.2. The minimum absolute atomic E-state index is 0.0753. The Labute approximate surface area is 171 Å². The maximum atomic E-state index is 12.7. The van der Waals surface area contributed by atoms with Crippen LogP contribution in [-0.4, -0.2) is 73.3 Å². The van der Waals surface area contributed by atoms with Gasteiger partial charge in [-0.05, 0) is 44.7 Å². The van der Waals surface area contributed by atoms with E-state index in [4.69, 9.17) is 14.2 Å². The summed E-state index contributed by atoms with van der Waals surface area (Å²) in [5, 5.41) is 2.95. The lowest BCUT2D eigenvalue weighted by Crippen LogP contribution is -2.70. The number of nitrogens with zero attached hydrogens (tertiary/aromatic N) is 2. The first-order valence-electron chi connectivity index (χ1n) is 10.3. The highest BCUT2D eigenvalue weighted by atomic mass is 16.6. The molecule has 8 heteroatoms. The Morgan fingerprint density at radius 1 is 1.17 bits per heavy atom. The second-order valence-electron chi connectivity index (χ2n) is 8.10. The van der Waals surface area contributed by atoms with Gasteiger partial charge in [0.2, 0.25) is 0 Å². The number of nitrogens with one attached hydrogen (secondary N) is 1. The molecular weight excluding hydrogens is 374 g/mol. The Balaban J connectivity index is 1.33. The van der Waals surface area contributed by atoms with Gasteiger partial charge in [-0.25, -0.2) is 4.79 Å². The van der Waals surface area contributed by atoms with E-state index in [9.17, 15) is 9.59 Å². The van der Waals surface area contributed by atoms with E-state index < -0.39 is 0 Å². The molecule has 0 aliphatic carbocycles. The predicted octanol–water partition coefficient (Wildman–Crippen LogP) is 2.34. The van der Waals surface area contributed by atoms with Crippen LogP contribution in [0.2, 0.25) is 0 Å². The van der Waals surface area contributed by atoms with Crippen LogP contribution in [-0.2, 0) is 9.53 Å². The van der Waals surface area contributed by atoms with E-state index in [1.807, 2.05) is 35.8 Å². The number of benzene rings is 1. The van der Waals surface area contributed by atoms with Gasteiger partial charge >= 0.3 is 6.03 Å². The van der Waals surface area contributed by atoms with Gasteiger partial charge in [0.25, 0.3) is 5.91 Å². The number of carbonyl (C=O) groups excluding carboxylic acids is 2. The fourth-order valence-corrected chi connectivity index (χ4v) is 4.58. The van der Waals surface area contributed by atoms with Crippen molar-refractivity contribution in [2.24, 2.45) is 5.92 Å². The van der Waals surface area contributed by atoms with E-state index >= 15 is 0 Å². The normalized spacial score (nSPS) is 24.5. The molecule has 0 bridgehead atoms. The first kappa shape index (κ1) is 19.8. The summed E-state index contributed by atoms with van der Waals surface area (Å²) >= 11 is 0. The van der Waals surface area contributed by atoms with Gasteiger partial charge in [0.05, 0.1) is 6.04 Å². The molecule has 4 rings (SSSR count). The molecular formula is C21H29N3O5. The second-order valence-corrected chi connectivity index (χ2v) is 8.10. The highest BCUT2D eigenvalue weighted by Crippen LogP contribution is 2.36. The number of β-lactam (4-membered cyclic amide) rings is 1. The average Bonchev–Trinajstić information content (AvgIpc) is 2.72. The van der Waals surface area contributed by atoms with Crippen molar-refractivity contribution in [2.45, 2.75) is 44.9 Å². The molecule has 1 aromatic carbocycles.